The van der Waals surface area contributed by atoms with Crippen molar-refractivity contribution in [2.24, 2.45) is 0 Å². The normalized spacial score (nSPS) is 18.5. The van der Waals surface area contributed by atoms with Gasteiger partial charge in [-0.25, -0.2) is 18.4 Å². The molecule has 26 heavy (non-hydrogen) atoms. The number of anilines is 2. The van der Waals surface area contributed by atoms with Gasteiger partial charge in [-0.1, -0.05) is 18.2 Å². The molecule has 1 aliphatic rings. The summed E-state index contributed by atoms with van der Waals surface area (Å²) in [4.78, 5) is 24.8. The molecule has 1 unspecified atom stereocenters. The van der Waals surface area contributed by atoms with Gasteiger partial charge in [0, 0.05) is 31.9 Å². The zero-order valence-corrected chi connectivity index (χ0v) is 15.9. The van der Waals surface area contributed by atoms with E-state index in [9.17, 15) is 13.2 Å². The molecule has 138 valence electrons. The van der Waals surface area contributed by atoms with E-state index < -0.39 is 9.84 Å². The van der Waals surface area contributed by atoms with Crippen LogP contribution in [0.25, 0.3) is 0 Å². The van der Waals surface area contributed by atoms with E-state index in [1.165, 1.54) is 4.90 Å². The van der Waals surface area contributed by atoms with Gasteiger partial charge in [0.05, 0.1) is 11.5 Å². The molecule has 7 nitrogen and oxygen atoms in total. The summed E-state index contributed by atoms with van der Waals surface area (Å²) in [5.74, 6) is 1.09. The van der Waals surface area contributed by atoms with Crippen molar-refractivity contribution in [3.63, 3.8) is 0 Å². The van der Waals surface area contributed by atoms with Crippen LogP contribution in [0.2, 0.25) is 0 Å². The maximum Gasteiger partial charge on any atom is 0.276 e. The van der Waals surface area contributed by atoms with E-state index >= 15 is 0 Å². The third-order valence-electron chi connectivity index (χ3n) is 4.61. The minimum Gasteiger partial charge on any atom is -0.356 e. The molecule has 1 amide bonds. The Labute approximate surface area is 153 Å². The van der Waals surface area contributed by atoms with Crippen LogP contribution in [0.1, 0.15) is 22.7 Å². The van der Waals surface area contributed by atoms with Crippen molar-refractivity contribution in [2.75, 3.05) is 35.4 Å². The molecular weight excluding hydrogens is 352 g/mol. The average Bonchev–Trinajstić information content (AvgIpc) is 2.99. The minimum atomic E-state index is -2.99. The van der Waals surface area contributed by atoms with E-state index in [1.807, 2.05) is 42.3 Å². The highest BCUT2D eigenvalue weighted by Crippen LogP contribution is 2.23. The molecule has 1 aromatic heterocycles. The molecule has 2 heterocycles. The zero-order chi connectivity index (χ0) is 18.9. The van der Waals surface area contributed by atoms with Crippen molar-refractivity contribution < 1.29 is 13.2 Å². The van der Waals surface area contributed by atoms with Crippen LogP contribution < -0.4 is 9.80 Å². The number of benzene rings is 1. The number of aromatic nitrogens is 2. The molecule has 1 saturated heterocycles. The molecule has 0 spiro atoms. The predicted molar refractivity (Wildman–Crippen MR) is 101 cm³/mol. The Morgan fingerprint density at radius 1 is 1.15 bits per heavy atom. The van der Waals surface area contributed by atoms with Crippen molar-refractivity contribution in [2.45, 2.75) is 19.4 Å². The molecule has 0 saturated carbocycles. The van der Waals surface area contributed by atoms with Crippen LogP contribution in [0, 0.1) is 6.92 Å². The van der Waals surface area contributed by atoms with Crippen LogP contribution >= 0.6 is 0 Å². The second-order valence-electron chi connectivity index (χ2n) is 6.53. The molecule has 1 aliphatic heterocycles. The lowest BCUT2D eigenvalue weighted by molar-refractivity contribution is 0.0988. The highest BCUT2D eigenvalue weighted by Gasteiger charge is 2.31. The van der Waals surface area contributed by atoms with Gasteiger partial charge in [0.1, 0.15) is 17.3 Å². The highest BCUT2D eigenvalue weighted by atomic mass is 32.2. The molecule has 0 N–H and O–H groups in total. The molecule has 8 heteroatoms. The van der Waals surface area contributed by atoms with Gasteiger partial charge in [-0.05, 0) is 25.5 Å². The number of sulfone groups is 1. The first-order valence-corrected chi connectivity index (χ1v) is 10.2. The van der Waals surface area contributed by atoms with Crippen molar-refractivity contribution in [3.05, 3.63) is 47.9 Å². The summed E-state index contributed by atoms with van der Waals surface area (Å²) in [6.07, 6.45) is 0.565. The summed E-state index contributed by atoms with van der Waals surface area (Å²) < 4.78 is 23.5. The Hall–Kier alpha value is -2.48. The number of hydrogen-bond acceptors (Lipinski definition) is 6. The van der Waals surface area contributed by atoms with Crippen molar-refractivity contribution in [1.29, 1.82) is 0 Å². The van der Waals surface area contributed by atoms with Crippen molar-refractivity contribution >= 4 is 27.2 Å². The monoisotopic (exact) mass is 374 g/mol. The van der Waals surface area contributed by atoms with Crippen LogP contribution in [-0.4, -0.2) is 55.9 Å². The van der Waals surface area contributed by atoms with E-state index in [2.05, 4.69) is 9.97 Å². The van der Waals surface area contributed by atoms with E-state index in [0.29, 0.717) is 18.1 Å². The van der Waals surface area contributed by atoms with Gasteiger partial charge in [-0.15, -0.1) is 0 Å². The highest BCUT2D eigenvalue weighted by molar-refractivity contribution is 7.91. The van der Waals surface area contributed by atoms with Crippen molar-refractivity contribution in [1.82, 2.24) is 9.97 Å². The first-order chi connectivity index (χ1) is 12.3. The number of carbonyl (C=O) groups is 1. The number of nitrogens with zero attached hydrogens (tertiary/aromatic N) is 4. The summed E-state index contributed by atoms with van der Waals surface area (Å²) in [6, 6.07) is 10.8. The Kier molecular flexibility index (Phi) is 4.95. The smallest absolute Gasteiger partial charge is 0.276 e. The van der Waals surface area contributed by atoms with Crippen LogP contribution in [0.5, 0.6) is 0 Å². The molecule has 2 aromatic rings. The fourth-order valence-corrected chi connectivity index (χ4v) is 4.83. The zero-order valence-electron chi connectivity index (χ0n) is 15.1. The number of carbonyl (C=O) groups excluding carboxylic acids is 1. The lowest BCUT2D eigenvalue weighted by Crippen LogP contribution is -2.34. The predicted octanol–water partition coefficient (Wildman–Crippen LogP) is 1.68. The first kappa shape index (κ1) is 18.3. The van der Waals surface area contributed by atoms with Gasteiger partial charge >= 0.3 is 0 Å². The fraction of sp³-hybridized carbons (Fsp3) is 0.389. The SMILES string of the molecule is Cc1nc(C(=O)N(C)c2ccccc2)cc(N(C)C2CCS(=O)(=O)C2)n1. The Balaban J connectivity index is 1.87. The molecule has 0 radical (unpaired) electrons. The first-order valence-electron chi connectivity index (χ1n) is 8.39. The summed E-state index contributed by atoms with van der Waals surface area (Å²) in [5, 5.41) is 0. The third-order valence-corrected chi connectivity index (χ3v) is 6.36. The van der Waals surface area contributed by atoms with Gasteiger partial charge < -0.3 is 9.80 Å². The Morgan fingerprint density at radius 3 is 2.46 bits per heavy atom. The molecule has 0 bridgehead atoms. The lowest BCUT2D eigenvalue weighted by atomic mass is 10.2. The van der Waals surface area contributed by atoms with Gasteiger partial charge in [-0.3, -0.25) is 4.79 Å². The van der Waals surface area contributed by atoms with Crippen LogP contribution in [-0.2, 0) is 9.84 Å². The summed E-state index contributed by atoms with van der Waals surface area (Å²) in [6.45, 7) is 1.72. The number of para-hydroxylation sites is 1. The van der Waals surface area contributed by atoms with Gasteiger partial charge in [0.25, 0.3) is 5.91 Å². The number of aryl methyl sites for hydroxylation is 1. The van der Waals surface area contributed by atoms with Gasteiger partial charge in [-0.2, -0.15) is 0 Å². The van der Waals surface area contributed by atoms with Gasteiger partial charge in [0.15, 0.2) is 9.84 Å². The standard InChI is InChI=1S/C18H22N4O3S/c1-13-19-16(18(23)22(3)14-7-5-4-6-8-14)11-17(20-13)21(2)15-9-10-26(24,25)12-15/h4-8,11,15H,9-10,12H2,1-3H3. The molecular formula is C18H22N4O3S. The van der Waals surface area contributed by atoms with E-state index in [1.54, 1.807) is 20.0 Å². The summed E-state index contributed by atoms with van der Waals surface area (Å²) in [7, 11) is 0.510. The van der Waals surface area contributed by atoms with Crippen LogP contribution in [0.3, 0.4) is 0 Å². The molecule has 1 fully saturated rings. The largest absolute Gasteiger partial charge is 0.356 e. The second kappa shape index (κ2) is 7.03. The third kappa shape index (κ3) is 3.85. The summed E-state index contributed by atoms with van der Waals surface area (Å²) >= 11 is 0. The maximum absolute atomic E-state index is 12.8. The quantitative estimate of drug-likeness (QED) is 0.810. The van der Waals surface area contributed by atoms with E-state index in [0.717, 1.165) is 5.69 Å². The topological polar surface area (TPSA) is 83.5 Å². The maximum atomic E-state index is 12.8. The average molecular weight is 374 g/mol. The lowest BCUT2D eigenvalue weighted by Gasteiger charge is -2.25. The minimum absolute atomic E-state index is 0.111. The van der Waals surface area contributed by atoms with E-state index in [-0.39, 0.29) is 29.1 Å². The second-order valence-corrected chi connectivity index (χ2v) is 8.75. The molecule has 0 aliphatic carbocycles. The number of amides is 1. The van der Waals surface area contributed by atoms with Crippen LogP contribution in [0.15, 0.2) is 36.4 Å². The molecule has 3 rings (SSSR count). The van der Waals surface area contributed by atoms with Crippen molar-refractivity contribution in [3.8, 4) is 0 Å². The molecule has 1 atom stereocenters. The molecule has 1 aromatic carbocycles. The van der Waals surface area contributed by atoms with Gasteiger partial charge in [0.2, 0.25) is 0 Å². The number of rotatable bonds is 4. The van der Waals surface area contributed by atoms with Crippen LogP contribution in [0.4, 0.5) is 11.5 Å². The van der Waals surface area contributed by atoms with E-state index in [4.69, 9.17) is 0 Å². The Morgan fingerprint density at radius 2 is 1.85 bits per heavy atom. The fourth-order valence-electron chi connectivity index (χ4n) is 3.05. The summed E-state index contributed by atoms with van der Waals surface area (Å²) in [5.41, 5.74) is 1.05. The number of hydrogen-bond donors (Lipinski definition) is 0. The Bertz CT molecular complexity index is 915.